The van der Waals surface area contributed by atoms with Crippen LogP contribution >= 0.6 is 11.3 Å². The zero-order valence-corrected chi connectivity index (χ0v) is 18.4. The van der Waals surface area contributed by atoms with Crippen LogP contribution in [0.3, 0.4) is 0 Å². The van der Waals surface area contributed by atoms with Crippen molar-refractivity contribution in [2.45, 2.75) is 6.42 Å². The number of methoxy groups -OCH3 is 2. The lowest BCUT2D eigenvalue weighted by atomic mass is 10.2. The second-order valence-corrected chi connectivity index (χ2v) is 7.69. The fourth-order valence-electron chi connectivity index (χ4n) is 3.12. The molecule has 0 aliphatic heterocycles. The molecule has 2 heterocycles. The van der Waals surface area contributed by atoms with E-state index in [9.17, 15) is 9.18 Å². The van der Waals surface area contributed by atoms with Gasteiger partial charge in [-0.15, -0.1) is 16.4 Å². The van der Waals surface area contributed by atoms with Gasteiger partial charge < -0.3 is 14.8 Å². The van der Waals surface area contributed by atoms with Gasteiger partial charge in [-0.3, -0.25) is 4.79 Å². The standard InChI is InChI=1S/C23H21FN4O3S/c1-30-19-9-3-15(13-20(19)31-2)4-10-21(29)25-12-11-18-14-32-23-26-22(27-28(18)23)16-5-7-17(24)8-6-16/h3-10,13-14H,11-12H2,1-2H3,(H,25,29). The number of carbonyl (C=O) groups excluding carboxylic acids is 1. The molecule has 2 aromatic carbocycles. The van der Waals surface area contributed by atoms with Crippen LogP contribution in [0, 0.1) is 5.82 Å². The van der Waals surface area contributed by atoms with E-state index < -0.39 is 0 Å². The summed E-state index contributed by atoms with van der Waals surface area (Å²) in [6, 6.07) is 11.5. The number of fused-ring (bicyclic) bond motifs is 1. The van der Waals surface area contributed by atoms with Crippen molar-refractivity contribution in [1.82, 2.24) is 19.9 Å². The maximum atomic E-state index is 13.1. The number of carbonyl (C=O) groups is 1. The van der Waals surface area contributed by atoms with Crippen LogP contribution in [0.5, 0.6) is 11.5 Å². The van der Waals surface area contributed by atoms with Crippen LogP contribution in [0.2, 0.25) is 0 Å². The van der Waals surface area contributed by atoms with E-state index in [0.717, 1.165) is 21.8 Å². The Morgan fingerprint density at radius 2 is 1.94 bits per heavy atom. The van der Waals surface area contributed by atoms with Gasteiger partial charge in [0.2, 0.25) is 10.9 Å². The van der Waals surface area contributed by atoms with Crippen molar-refractivity contribution in [3.8, 4) is 22.9 Å². The second kappa shape index (κ2) is 9.61. The van der Waals surface area contributed by atoms with Crippen molar-refractivity contribution in [2.24, 2.45) is 0 Å². The first-order chi connectivity index (χ1) is 15.6. The first-order valence-corrected chi connectivity index (χ1v) is 10.7. The molecule has 0 spiro atoms. The smallest absolute Gasteiger partial charge is 0.244 e. The van der Waals surface area contributed by atoms with Crippen molar-refractivity contribution < 1.29 is 18.7 Å². The van der Waals surface area contributed by atoms with Crippen molar-refractivity contribution in [1.29, 1.82) is 0 Å². The predicted molar refractivity (Wildman–Crippen MR) is 122 cm³/mol. The molecular formula is C23H21FN4O3S. The maximum Gasteiger partial charge on any atom is 0.244 e. The molecule has 1 N–H and O–H groups in total. The minimum absolute atomic E-state index is 0.197. The molecule has 4 aromatic rings. The highest BCUT2D eigenvalue weighted by molar-refractivity contribution is 7.15. The summed E-state index contributed by atoms with van der Waals surface area (Å²) in [5.41, 5.74) is 2.52. The predicted octanol–water partition coefficient (Wildman–Crippen LogP) is 3.99. The Hall–Kier alpha value is -3.72. The van der Waals surface area contributed by atoms with E-state index in [0.29, 0.717) is 30.3 Å². The van der Waals surface area contributed by atoms with Gasteiger partial charge in [-0.2, -0.15) is 4.98 Å². The fourth-order valence-corrected chi connectivity index (χ4v) is 3.98. The number of hydrogen-bond donors (Lipinski definition) is 1. The first-order valence-electron chi connectivity index (χ1n) is 9.84. The number of rotatable bonds is 8. The lowest BCUT2D eigenvalue weighted by molar-refractivity contribution is -0.116. The summed E-state index contributed by atoms with van der Waals surface area (Å²) < 4.78 is 25.4. The third kappa shape index (κ3) is 4.78. The molecular weight excluding hydrogens is 431 g/mol. The lowest BCUT2D eigenvalue weighted by Gasteiger charge is -2.07. The molecule has 2 aromatic heterocycles. The Labute approximate surface area is 188 Å². The second-order valence-electron chi connectivity index (χ2n) is 6.85. The number of halogens is 1. The quantitative estimate of drug-likeness (QED) is 0.409. The van der Waals surface area contributed by atoms with E-state index in [2.05, 4.69) is 15.4 Å². The Kier molecular flexibility index (Phi) is 6.46. The Morgan fingerprint density at radius 3 is 2.69 bits per heavy atom. The average Bonchev–Trinajstić information content (AvgIpc) is 3.39. The van der Waals surface area contributed by atoms with Crippen molar-refractivity contribution >= 4 is 28.3 Å². The van der Waals surface area contributed by atoms with Crippen LogP contribution in [0.15, 0.2) is 53.9 Å². The van der Waals surface area contributed by atoms with Crippen LogP contribution in [0.25, 0.3) is 22.4 Å². The number of thiazole rings is 1. The molecule has 0 aliphatic carbocycles. The molecule has 0 aliphatic rings. The summed E-state index contributed by atoms with van der Waals surface area (Å²) in [7, 11) is 3.14. The number of ether oxygens (including phenoxy) is 2. The van der Waals surface area contributed by atoms with Crippen molar-refractivity contribution in [2.75, 3.05) is 20.8 Å². The lowest BCUT2D eigenvalue weighted by Crippen LogP contribution is -2.23. The van der Waals surface area contributed by atoms with Crippen molar-refractivity contribution in [3.63, 3.8) is 0 Å². The minimum Gasteiger partial charge on any atom is -0.493 e. The molecule has 0 atom stereocenters. The Morgan fingerprint density at radius 1 is 1.16 bits per heavy atom. The normalized spacial score (nSPS) is 11.2. The number of nitrogens with zero attached hydrogens (tertiary/aromatic N) is 3. The van der Waals surface area contributed by atoms with Gasteiger partial charge in [0.1, 0.15) is 5.82 Å². The molecule has 164 valence electrons. The summed E-state index contributed by atoms with van der Waals surface area (Å²) in [4.78, 5) is 17.4. The third-order valence-electron chi connectivity index (χ3n) is 4.77. The van der Waals surface area contributed by atoms with E-state index in [1.807, 2.05) is 11.4 Å². The van der Waals surface area contributed by atoms with Gasteiger partial charge in [-0.05, 0) is 48.0 Å². The van der Waals surface area contributed by atoms with E-state index in [-0.39, 0.29) is 11.7 Å². The molecule has 7 nitrogen and oxygen atoms in total. The highest BCUT2D eigenvalue weighted by atomic mass is 32.1. The summed E-state index contributed by atoms with van der Waals surface area (Å²) in [6.45, 7) is 0.451. The van der Waals surface area contributed by atoms with Crippen LogP contribution in [-0.4, -0.2) is 41.3 Å². The monoisotopic (exact) mass is 452 g/mol. The van der Waals surface area contributed by atoms with Crippen LogP contribution < -0.4 is 14.8 Å². The molecule has 0 saturated carbocycles. The van der Waals surface area contributed by atoms with Gasteiger partial charge in [0.15, 0.2) is 17.3 Å². The molecule has 0 fully saturated rings. The van der Waals surface area contributed by atoms with Crippen LogP contribution in [0.4, 0.5) is 4.39 Å². The van der Waals surface area contributed by atoms with Gasteiger partial charge >= 0.3 is 0 Å². The van der Waals surface area contributed by atoms with Gasteiger partial charge in [0.25, 0.3) is 0 Å². The summed E-state index contributed by atoms with van der Waals surface area (Å²) >= 11 is 1.47. The number of hydrogen-bond acceptors (Lipinski definition) is 6. The zero-order valence-electron chi connectivity index (χ0n) is 17.5. The topological polar surface area (TPSA) is 77.8 Å². The fraction of sp³-hybridized carbons (Fsp3) is 0.174. The number of benzene rings is 2. The summed E-state index contributed by atoms with van der Waals surface area (Å²) in [5, 5.41) is 9.36. The Balaban J connectivity index is 1.35. The van der Waals surface area contributed by atoms with Gasteiger partial charge in [0.05, 0.1) is 19.9 Å². The molecule has 0 unspecified atom stereocenters. The number of amides is 1. The molecule has 4 rings (SSSR count). The van der Waals surface area contributed by atoms with Gasteiger partial charge in [-0.1, -0.05) is 6.07 Å². The van der Waals surface area contributed by atoms with Crippen molar-refractivity contribution in [3.05, 3.63) is 71.0 Å². The molecule has 32 heavy (non-hydrogen) atoms. The maximum absolute atomic E-state index is 13.1. The summed E-state index contributed by atoms with van der Waals surface area (Å²) in [6.07, 6.45) is 3.79. The Bertz CT molecular complexity index is 1260. The molecule has 0 saturated heterocycles. The molecule has 1 amide bonds. The van der Waals surface area contributed by atoms with Gasteiger partial charge in [0, 0.05) is 30.0 Å². The number of aromatic nitrogens is 3. The zero-order chi connectivity index (χ0) is 22.5. The van der Waals surface area contributed by atoms with Gasteiger partial charge in [-0.25, -0.2) is 8.91 Å². The SMILES string of the molecule is COc1ccc(C=CC(=O)NCCc2csc3nc(-c4ccc(F)cc4)nn23)cc1OC. The number of nitrogens with one attached hydrogen (secondary N) is 1. The molecule has 0 bridgehead atoms. The van der Waals surface area contributed by atoms with E-state index in [1.54, 1.807) is 49.1 Å². The van der Waals surface area contributed by atoms with E-state index in [1.165, 1.54) is 29.5 Å². The van der Waals surface area contributed by atoms with E-state index >= 15 is 0 Å². The van der Waals surface area contributed by atoms with Crippen LogP contribution in [-0.2, 0) is 11.2 Å². The largest absolute Gasteiger partial charge is 0.493 e. The molecule has 0 radical (unpaired) electrons. The van der Waals surface area contributed by atoms with Crippen LogP contribution in [0.1, 0.15) is 11.3 Å². The third-order valence-corrected chi connectivity index (χ3v) is 5.63. The highest BCUT2D eigenvalue weighted by Gasteiger charge is 2.12. The summed E-state index contributed by atoms with van der Waals surface area (Å²) in [5.74, 6) is 1.28. The molecule has 9 heteroatoms. The first kappa shape index (κ1) is 21.5. The minimum atomic E-state index is -0.300. The van der Waals surface area contributed by atoms with E-state index in [4.69, 9.17) is 9.47 Å². The highest BCUT2D eigenvalue weighted by Crippen LogP contribution is 2.28. The average molecular weight is 453 g/mol.